The van der Waals surface area contributed by atoms with Gasteiger partial charge in [-0.25, -0.2) is 8.42 Å². The monoisotopic (exact) mass is 548 g/mol. The third-order valence-electron chi connectivity index (χ3n) is 7.94. The van der Waals surface area contributed by atoms with Gasteiger partial charge < -0.3 is 9.13 Å². The van der Waals surface area contributed by atoms with Crippen LogP contribution in [0, 0.1) is 0 Å². The molecule has 5 heteroatoms. The fourth-order valence-electron chi connectivity index (χ4n) is 6.22. The second-order valence-corrected chi connectivity index (χ2v) is 12.1. The highest BCUT2D eigenvalue weighted by atomic mass is 32.2. The van der Waals surface area contributed by atoms with Crippen molar-refractivity contribution in [3.05, 3.63) is 146 Å². The predicted octanol–water partition coefficient (Wildman–Crippen LogP) is 8.71. The molecule has 0 saturated carbocycles. The van der Waals surface area contributed by atoms with Crippen LogP contribution in [-0.2, 0) is 9.84 Å². The molecule has 8 rings (SSSR count). The Morgan fingerprint density at radius 2 is 0.707 bits per heavy atom. The summed E-state index contributed by atoms with van der Waals surface area (Å²) in [5.41, 5.74) is 5.06. The normalized spacial score (nSPS) is 12.1. The molecule has 0 aliphatic heterocycles. The molecule has 2 heterocycles. The number of rotatable bonds is 4. The Labute approximate surface area is 237 Å². The number of hydrogen-bond acceptors (Lipinski definition) is 2. The molecule has 196 valence electrons. The molecule has 0 unspecified atom stereocenters. The third kappa shape index (κ3) is 3.43. The summed E-state index contributed by atoms with van der Waals surface area (Å²) in [7, 11) is -3.97. The summed E-state index contributed by atoms with van der Waals surface area (Å²) in [4.78, 5) is 0.527. The van der Waals surface area contributed by atoms with E-state index in [-0.39, 0.29) is 9.79 Å². The van der Waals surface area contributed by atoms with E-state index in [2.05, 4.69) is 57.7 Å². The van der Waals surface area contributed by atoms with Crippen molar-refractivity contribution in [3.63, 3.8) is 0 Å². The zero-order chi connectivity index (χ0) is 27.6. The van der Waals surface area contributed by atoms with E-state index >= 15 is 0 Å². The number of fused-ring (bicyclic) bond motifs is 6. The van der Waals surface area contributed by atoms with Crippen LogP contribution in [0.1, 0.15) is 0 Å². The minimum atomic E-state index is -3.97. The lowest BCUT2D eigenvalue weighted by molar-refractivity contribution is 0.595. The SMILES string of the molecule is O=S(=O)(c1ccccc1)c1c(-n2c3ccccc3c3ccccc32)cccc1-n1c2ccccc2c2ccccc21. The quantitative estimate of drug-likeness (QED) is 0.221. The molecule has 0 N–H and O–H groups in total. The highest BCUT2D eigenvalue weighted by Gasteiger charge is 2.29. The molecule has 0 aliphatic rings. The molecule has 8 aromatic rings. The third-order valence-corrected chi connectivity index (χ3v) is 9.79. The van der Waals surface area contributed by atoms with Crippen LogP contribution >= 0.6 is 0 Å². The average Bonchev–Trinajstić information content (AvgIpc) is 3.54. The standard InChI is InChI=1S/C36H24N2O2S/c39-41(40,25-13-2-1-3-14-25)36-34(37-30-19-8-4-15-26(30)27-16-5-9-20-31(27)37)23-12-24-35(36)38-32-21-10-6-17-28(32)29-18-7-11-22-33(29)38/h1-24H. The van der Waals surface area contributed by atoms with Gasteiger partial charge in [0.05, 0.1) is 38.3 Å². The molecule has 0 fully saturated rings. The Bertz CT molecular complexity index is 2140. The van der Waals surface area contributed by atoms with Crippen molar-refractivity contribution in [2.45, 2.75) is 9.79 Å². The van der Waals surface area contributed by atoms with Crippen molar-refractivity contribution in [1.82, 2.24) is 9.13 Å². The predicted molar refractivity (Wildman–Crippen MR) is 167 cm³/mol. The molecule has 0 saturated heterocycles. The number of para-hydroxylation sites is 4. The Hall–Kier alpha value is -5.13. The van der Waals surface area contributed by atoms with Gasteiger partial charge in [0.1, 0.15) is 4.90 Å². The minimum absolute atomic E-state index is 0.259. The van der Waals surface area contributed by atoms with Gasteiger partial charge in [0, 0.05) is 21.5 Å². The largest absolute Gasteiger partial charge is 0.308 e. The van der Waals surface area contributed by atoms with Crippen LogP contribution < -0.4 is 0 Å². The molecule has 0 atom stereocenters. The molecule has 2 aromatic heterocycles. The number of aromatic nitrogens is 2. The Kier molecular flexibility index (Phi) is 5.18. The van der Waals surface area contributed by atoms with E-state index in [0.717, 1.165) is 43.6 Å². The lowest BCUT2D eigenvalue weighted by Gasteiger charge is -2.20. The fourth-order valence-corrected chi connectivity index (χ4v) is 7.84. The van der Waals surface area contributed by atoms with Crippen molar-refractivity contribution >= 4 is 53.4 Å². The van der Waals surface area contributed by atoms with Crippen LogP contribution in [0.5, 0.6) is 0 Å². The van der Waals surface area contributed by atoms with Crippen LogP contribution in [0.25, 0.3) is 55.0 Å². The van der Waals surface area contributed by atoms with Crippen molar-refractivity contribution in [2.24, 2.45) is 0 Å². The number of benzene rings is 6. The van der Waals surface area contributed by atoms with Gasteiger partial charge in [0.25, 0.3) is 0 Å². The molecule has 0 spiro atoms. The minimum Gasteiger partial charge on any atom is -0.308 e. The van der Waals surface area contributed by atoms with E-state index in [1.54, 1.807) is 24.3 Å². The first-order chi connectivity index (χ1) is 20.1. The second-order valence-electron chi connectivity index (χ2n) is 10.2. The zero-order valence-electron chi connectivity index (χ0n) is 22.0. The maximum Gasteiger partial charge on any atom is 0.210 e. The molecule has 0 amide bonds. The highest BCUT2D eigenvalue weighted by Crippen LogP contribution is 2.41. The Morgan fingerprint density at radius 1 is 0.366 bits per heavy atom. The molecule has 4 nitrogen and oxygen atoms in total. The van der Waals surface area contributed by atoms with Crippen LogP contribution in [0.3, 0.4) is 0 Å². The van der Waals surface area contributed by atoms with Crippen LogP contribution in [0.4, 0.5) is 0 Å². The molecular weight excluding hydrogens is 524 g/mol. The summed E-state index contributed by atoms with van der Waals surface area (Å²) in [6.07, 6.45) is 0. The van der Waals surface area contributed by atoms with Gasteiger partial charge in [-0.2, -0.15) is 0 Å². The summed E-state index contributed by atoms with van der Waals surface area (Å²) in [5, 5.41) is 4.31. The molecular formula is C36H24N2O2S. The van der Waals surface area contributed by atoms with Gasteiger partial charge in [0.2, 0.25) is 9.84 Å². The maximum atomic E-state index is 14.8. The first-order valence-electron chi connectivity index (χ1n) is 13.5. The second kappa shape index (κ2) is 8.95. The molecule has 0 bridgehead atoms. The average molecular weight is 549 g/mol. The van der Waals surface area contributed by atoms with Gasteiger partial charge in [0.15, 0.2) is 0 Å². The van der Waals surface area contributed by atoms with E-state index in [1.807, 2.05) is 72.8 Å². The fraction of sp³-hybridized carbons (Fsp3) is 0. The van der Waals surface area contributed by atoms with Crippen molar-refractivity contribution in [3.8, 4) is 11.4 Å². The van der Waals surface area contributed by atoms with Crippen molar-refractivity contribution < 1.29 is 8.42 Å². The number of nitrogens with zero attached hydrogens (tertiary/aromatic N) is 2. The molecule has 0 aliphatic carbocycles. The van der Waals surface area contributed by atoms with Crippen molar-refractivity contribution in [1.29, 1.82) is 0 Å². The summed E-state index contributed by atoms with van der Waals surface area (Å²) in [6, 6.07) is 47.2. The Balaban J connectivity index is 1.58. The summed E-state index contributed by atoms with van der Waals surface area (Å²) < 4.78 is 33.8. The summed E-state index contributed by atoms with van der Waals surface area (Å²) in [5.74, 6) is 0. The highest BCUT2D eigenvalue weighted by molar-refractivity contribution is 7.91. The van der Waals surface area contributed by atoms with Gasteiger partial charge in [-0.05, 0) is 48.5 Å². The smallest absolute Gasteiger partial charge is 0.210 e. The summed E-state index contributed by atoms with van der Waals surface area (Å²) in [6.45, 7) is 0. The van der Waals surface area contributed by atoms with Crippen LogP contribution in [-0.4, -0.2) is 17.6 Å². The van der Waals surface area contributed by atoms with Gasteiger partial charge in [-0.1, -0.05) is 97.1 Å². The lowest BCUT2D eigenvalue weighted by Crippen LogP contribution is -2.12. The van der Waals surface area contributed by atoms with Gasteiger partial charge in [-0.3, -0.25) is 0 Å². The van der Waals surface area contributed by atoms with Crippen LogP contribution in [0.15, 0.2) is 155 Å². The van der Waals surface area contributed by atoms with Gasteiger partial charge in [-0.15, -0.1) is 0 Å². The van der Waals surface area contributed by atoms with E-state index in [9.17, 15) is 8.42 Å². The van der Waals surface area contributed by atoms with Crippen LogP contribution in [0.2, 0.25) is 0 Å². The number of sulfone groups is 1. The van der Waals surface area contributed by atoms with E-state index < -0.39 is 9.84 Å². The summed E-state index contributed by atoms with van der Waals surface area (Å²) >= 11 is 0. The van der Waals surface area contributed by atoms with E-state index in [1.165, 1.54) is 0 Å². The maximum absolute atomic E-state index is 14.8. The lowest BCUT2D eigenvalue weighted by atomic mass is 10.2. The first-order valence-corrected chi connectivity index (χ1v) is 15.0. The topological polar surface area (TPSA) is 44.0 Å². The van der Waals surface area contributed by atoms with E-state index in [0.29, 0.717) is 11.4 Å². The molecule has 0 radical (unpaired) electrons. The van der Waals surface area contributed by atoms with Crippen molar-refractivity contribution in [2.75, 3.05) is 0 Å². The molecule has 6 aromatic carbocycles. The van der Waals surface area contributed by atoms with Gasteiger partial charge >= 0.3 is 0 Å². The van der Waals surface area contributed by atoms with E-state index in [4.69, 9.17) is 0 Å². The Morgan fingerprint density at radius 3 is 1.10 bits per heavy atom. The first kappa shape index (κ1) is 23.7. The number of hydrogen-bond donors (Lipinski definition) is 0. The molecule has 41 heavy (non-hydrogen) atoms. The zero-order valence-corrected chi connectivity index (χ0v) is 22.8.